The van der Waals surface area contributed by atoms with E-state index in [1.807, 2.05) is 0 Å². The van der Waals surface area contributed by atoms with Gasteiger partial charge in [-0.05, 0) is 27.5 Å². The second kappa shape index (κ2) is 5.50. The standard InChI is InChI=1S/C12H7BrClN5O3/c13-11-15-8-9(16-12(14)17-10(8)20)18(11)5-6-3-1-2-4-7(6)19(21)22/h1-4H,5H2,(H,16,17,20). The van der Waals surface area contributed by atoms with Crippen molar-refractivity contribution < 1.29 is 4.92 Å². The molecule has 8 nitrogen and oxygen atoms in total. The third-order valence-electron chi connectivity index (χ3n) is 3.05. The van der Waals surface area contributed by atoms with Gasteiger partial charge >= 0.3 is 0 Å². The molecule has 2 heterocycles. The molecule has 0 aliphatic heterocycles. The van der Waals surface area contributed by atoms with Crippen molar-refractivity contribution in [3.05, 3.63) is 60.3 Å². The second-order valence-corrected chi connectivity index (χ2v) is 5.45. The van der Waals surface area contributed by atoms with Crippen molar-refractivity contribution in [1.29, 1.82) is 0 Å². The molecule has 0 fully saturated rings. The molecule has 1 aromatic carbocycles. The molecule has 0 amide bonds. The largest absolute Gasteiger partial charge is 0.298 e. The molecule has 0 aliphatic carbocycles. The van der Waals surface area contributed by atoms with Crippen LogP contribution in [0.25, 0.3) is 11.2 Å². The Balaban J connectivity index is 2.18. The molecule has 1 N–H and O–H groups in total. The van der Waals surface area contributed by atoms with E-state index in [9.17, 15) is 14.9 Å². The maximum atomic E-state index is 11.8. The van der Waals surface area contributed by atoms with Crippen molar-refractivity contribution in [2.24, 2.45) is 0 Å². The summed E-state index contributed by atoms with van der Waals surface area (Å²) in [5.74, 6) is 0. The Morgan fingerprint density at radius 3 is 2.82 bits per heavy atom. The van der Waals surface area contributed by atoms with E-state index in [-0.39, 0.29) is 28.7 Å². The number of hydrogen-bond acceptors (Lipinski definition) is 5. The fourth-order valence-electron chi connectivity index (χ4n) is 2.09. The number of nitro benzene ring substituents is 1. The van der Waals surface area contributed by atoms with Crippen LogP contribution in [0, 0.1) is 10.1 Å². The number of rotatable bonds is 3. The number of halogens is 2. The van der Waals surface area contributed by atoms with Crippen molar-refractivity contribution in [3.8, 4) is 0 Å². The Morgan fingerprint density at radius 2 is 2.09 bits per heavy atom. The Morgan fingerprint density at radius 1 is 1.36 bits per heavy atom. The number of benzene rings is 1. The third-order valence-corrected chi connectivity index (χ3v) is 3.83. The molecular weight excluding hydrogens is 378 g/mol. The van der Waals surface area contributed by atoms with Crippen molar-refractivity contribution >= 4 is 44.4 Å². The predicted molar refractivity (Wildman–Crippen MR) is 83.1 cm³/mol. The van der Waals surface area contributed by atoms with Crippen LogP contribution in [0.4, 0.5) is 5.69 Å². The zero-order valence-corrected chi connectivity index (χ0v) is 13.1. The van der Waals surface area contributed by atoms with Gasteiger partial charge in [0, 0.05) is 11.6 Å². The van der Waals surface area contributed by atoms with Crippen LogP contribution in [-0.2, 0) is 6.54 Å². The van der Waals surface area contributed by atoms with Gasteiger partial charge in [0.25, 0.3) is 11.2 Å². The lowest BCUT2D eigenvalue weighted by atomic mass is 10.2. The maximum absolute atomic E-state index is 11.8. The number of aromatic nitrogens is 4. The van der Waals surface area contributed by atoms with E-state index in [0.29, 0.717) is 10.3 Å². The highest BCUT2D eigenvalue weighted by molar-refractivity contribution is 9.10. The van der Waals surface area contributed by atoms with Crippen molar-refractivity contribution in [2.75, 3.05) is 0 Å². The number of aromatic amines is 1. The topological polar surface area (TPSA) is 107 Å². The average molecular weight is 385 g/mol. The normalized spacial score (nSPS) is 11.0. The van der Waals surface area contributed by atoms with Crippen molar-refractivity contribution in [1.82, 2.24) is 19.5 Å². The minimum atomic E-state index is -0.475. The van der Waals surface area contributed by atoms with Gasteiger partial charge in [-0.25, -0.2) is 4.98 Å². The van der Waals surface area contributed by atoms with Gasteiger partial charge in [0.05, 0.1) is 11.5 Å². The van der Waals surface area contributed by atoms with Gasteiger partial charge in [0.15, 0.2) is 15.9 Å². The van der Waals surface area contributed by atoms with Crippen molar-refractivity contribution in [2.45, 2.75) is 6.54 Å². The first-order valence-electron chi connectivity index (χ1n) is 6.01. The lowest BCUT2D eigenvalue weighted by molar-refractivity contribution is -0.385. The first-order valence-corrected chi connectivity index (χ1v) is 7.18. The van der Waals surface area contributed by atoms with E-state index in [1.54, 1.807) is 22.8 Å². The zero-order chi connectivity index (χ0) is 15.9. The number of hydrogen-bond donors (Lipinski definition) is 1. The fraction of sp³-hybridized carbons (Fsp3) is 0.0833. The molecule has 112 valence electrons. The highest BCUT2D eigenvalue weighted by atomic mass is 79.9. The Labute approximate surface area is 136 Å². The quantitative estimate of drug-likeness (QED) is 0.323. The number of H-pyrrole nitrogens is 1. The van der Waals surface area contributed by atoms with Gasteiger partial charge in [-0.2, -0.15) is 4.98 Å². The van der Waals surface area contributed by atoms with Crippen LogP contribution in [0.15, 0.2) is 33.8 Å². The molecule has 0 saturated heterocycles. The van der Waals surface area contributed by atoms with E-state index < -0.39 is 10.5 Å². The number of para-hydroxylation sites is 1. The van der Waals surface area contributed by atoms with Crippen LogP contribution in [0.2, 0.25) is 5.28 Å². The average Bonchev–Trinajstić information content (AvgIpc) is 2.77. The van der Waals surface area contributed by atoms with Gasteiger partial charge in [0.2, 0.25) is 5.28 Å². The summed E-state index contributed by atoms with van der Waals surface area (Å²) in [7, 11) is 0. The lowest BCUT2D eigenvalue weighted by Gasteiger charge is -2.06. The van der Waals surface area contributed by atoms with E-state index >= 15 is 0 Å². The molecule has 3 aromatic rings. The summed E-state index contributed by atoms with van der Waals surface area (Å²) in [6.45, 7) is 0.126. The maximum Gasteiger partial charge on any atom is 0.280 e. The van der Waals surface area contributed by atoms with E-state index in [2.05, 4.69) is 30.9 Å². The minimum absolute atomic E-state index is 0.0211. The molecular formula is C12H7BrClN5O3. The Bertz CT molecular complexity index is 952. The second-order valence-electron chi connectivity index (χ2n) is 4.38. The Kier molecular flexibility index (Phi) is 3.67. The lowest BCUT2D eigenvalue weighted by Crippen LogP contribution is -2.10. The SMILES string of the molecule is O=c1[nH]c(Cl)nc2c1nc(Br)n2Cc1ccccc1[N+](=O)[O-]. The summed E-state index contributed by atoms with van der Waals surface area (Å²) in [5, 5.41) is 11.0. The molecule has 0 saturated carbocycles. The van der Waals surface area contributed by atoms with E-state index in [4.69, 9.17) is 11.6 Å². The summed E-state index contributed by atoms with van der Waals surface area (Å²) >= 11 is 8.99. The van der Waals surface area contributed by atoms with Gasteiger partial charge in [-0.3, -0.25) is 24.5 Å². The molecule has 2 aromatic heterocycles. The Hall–Kier alpha value is -2.26. The number of nitro groups is 1. The van der Waals surface area contributed by atoms with E-state index in [1.165, 1.54) is 6.07 Å². The van der Waals surface area contributed by atoms with Gasteiger partial charge in [-0.1, -0.05) is 18.2 Å². The number of fused-ring (bicyclic) bond motifs is 1. The third kappa shape index (κ3) is 2.48. The summed E-state index contributed by atoms with van der Waals surface area (Å²) < 4.78 is 1.87. The van der Waals surface area contributed by atoms with Crippen LogP contribution in [0.1, 0.15) is 5.56 Å². The van der Waals surface area contributed by atoms with Gasteiger partial charge < -0.3 is 0 Å². The van der Waals surface area contributed by atoms with E-state index in [0.717, 1.165) is 0 Å². The highest BCUT2D eigenvalue weighted by Gasteiger charge is 2.18. The number of imidazole rings is 1. The fourth-order valence-corrected chi connectivity index (χ4v) is 2.73. The zero-order valence-electron chi connectivity index (χ0n) is 10.8. The van der Waals surface area contributed by atoms with Crippen LogP contribution in [0.3, 0.4) is 0 Å². The smallest absolute Gasteiger partial charge is 0.280 e. The predicted octanol–water partition coefficient (Wildman–Crippen LogP) is 2.49. The summed E-state index contributed by atoms with van der Waals surface area (Å²) in [6.07, 6.45) is 0. The summed E-state index contributed by atoms with van der Waals surface area (Å²) in [4.78, 5) is 32.9. The summed E-state index contributed by atoms with van der Waals surface area (Å²) in [5.41, 5.74) is 0.323. The molecule has 3 rings (SSSR count). The van der Waals surface area contributed by atoms with Crippen molar-refractivity contribution in [3.63, 3.8) is 0 Å². The number of nitrogens with one attached hydrogen (secondary N) is 1. The van der Waals surface area contributed by atoms with Crippen LogP contribution < -0.4 is 5.56 Å². The molecule has 0 radical (unpaired) electrons. The molecule has 10 heteroatoms. The minimum Gasteiger partial charge on any atom is -0.298 e. The highest BCUT2D eigenvalue weighted by Crippen LogP contribution is 2.23. The van der Waals surface area contributed by atoms with Crippen LogP contribution in [-0.4, -0.2) is 24.4 Å². The molecule has 0 unspecified atom stereocenters. The van der Waals surface area contributed by atoms with Crippen LogP contribution in [0.5, 0.6) is 0 Å². The molecule has 0 atom stereocenters. The molecule has 0 bridgehead atoms. The monoisotopic (exact) mass is 383 g/mol. The van der Waals surface area contributed by atoms with Crippen LogP contribution >= 0.6 is 27.5 Å². The number of nitrogens with zero attached hydrogens (tertiary/aromatic N) is 4. The summed E-state index contributed by atoms with van der Waals surface area (Å²) in [6, 6.07) is 6.33. The first-order chi connectivity index (χ1) is 10.5. The first kappa shape index (κ1) is 14.7. The van der Waals surface area contributed by atoms with Gasteiger partial charge in [-0.15, -0.1) is 0 Å². The molecule has 0 spiro atoms. The molecule has 22 heavy (non-hydrogen) atoms. The van der Waals surface area contributed by atoms with Gasteiger partial charge in [0.1, 0.15) is 0 Å². The molecule has 0 aliphatic rings.